The van der Waals surface area contributed by atoms with Crippen molar-refractivity contribution in [3.05, 3.63) is 34.4 Å². The summed E-state index contributed by atoms with van der Waals surface area (Å²) >= 11 is 0. The predicted octanol–water partition coefficient (Wildman–Crippen LogP) is 2.65. The number of ether oxygens (including phenoxy) is 1. The number of piperidine rings is 1. The number of hydrogen-bond acceptors (Lipinski definition) is 7. The Labute approximate surface area is 151 Å². The lowest BCUT2D eigenvalue weighted by molar-refractivity contribution is -0.384. The molecule has 0 aromatic heterocycles. The van der Waals surface area contributed by atoms with Crippen LogP contribution in [-0.2, 0) is 9.63 Å². The molecule has 1 amide bonds. The normalized spacial score (nSPS) is 18.0. The molecule has 0 aliphatic carbocycles. The van der Waals surface area contributed by atoms with E-state index in [-0.39, 0.29) is 23.4 Å². The highest BCUT2D eigenvalue weighted by Gasteiger charge is 2.29. The van der Waals surface area contributed by atoms with Gasteiger partial charge in [-0.2, -0.15) is 0 Å². The fourth-order valence-corrected chi connectivity index (χ4v) is 2.34. The maximum atomic E-state index is 12.0. The van der Waals surface area contributed by atoms with Gasteiger partial charge in [-0.3, -0.25) is 10.1 Å². The lowest BCUT2D eigenvalue weighted by Crippen LogP contribution is -2.49. The van der Waals surface area contributed by atoms with Crippen molar-refractivity contribution < 1.29 is 24.1 Å². The van der Waals surface area contributed by atoms with Crippen LogP contribution in [0.1, 0.15) is 33.6 Å². The molecule has 0 unspecified atom stereocenters. The third-order valence-corrected chi connectivity index (χ3v) is 3.79. The maximum Gasteiger partial charge on any atom is 0.412 e. The van der Waals surface area contributed by atoms with Crippen LogP contribution in [0.2, 0.25) is 0 Å². The molecule has 1 aliphatic heterocycles. The summed E-state index contributed by atoms with van der Waals surface area (Å²) < 4.78 is 5.12. The van der Waals surface area contributed by atoms with Crippen LogP contribution in [0.3, 0.4) is 0 Å². The van der Waals surface area contributed by atoms with Gasteiger partial charge in [0.05, 0.1) is 16.9 Å². The zero-order chi connectivity index (χ0) is 19.3. The SMILES string of the molecule is CC(C)(C)C(=O)ON1CCC[C@H](NC(=O)Oc2ccc([N+](=O)[O-])cc2)C1. The standard InChI is InChI=1S/C17H23N3O6/c1-17(2,3)15(21)26-19-10-4-5-12(11-19)18-16(22)25-14-8-6-13(7-9-14)20(23)24/h6-9,12H,4-5,10-11H2,1-3H3,(H,18,22)/t12-/m0/s1. The van der Waals surface area contributed by atoms with Crippen LogP contribution in [-0.4, -0.2) is 41.2 Å². The van der Waals surface area contributed by atoms with E-state index >= 15 is 0 Å². The van der Waals surface area contributed by atoms with E-state index in [1.807, 2.05) is 0 Å². The second kappa shape index (κ2) is 8.13. The Morgan fingerprint density at radius 3 is 2.50 bits per heavy atom. The van der Waals surface area contributed by atoms with E-state index in [1.54, 1.807) is 25.8 Å². The molecule has 9 heteroatoms. The summed E-state index contributed by atoms with van der Waals surface area (Å²) in [4.78, 5) is 39.4. The molecule has 0 bridgehead atoms. The van der Waals surface area contributed by atoms with Crippen LogP contribution in [0.5, 0.6) is 5.75 Å². The molecule has 1 heterocycles. The fraction of sp³-hybridized carbons (Fsp3) is 0.529. The lowest BCUT2D eigenvalue weighted by Gasteiger charge is -2.32. The molecule has 1 saturated heterocycles. The second-order valence-corrected chi connectivity index (χ2v) is 7.14. The molecule has 0 radical (unpaired) electrons. The summed E-state index contributed by atoms with van der Waals surface area (Å²) in [5.74, 6) is -0.119. The van der Waals surface area contributed by atoms with Crippen molar-refractivity contribution in [1.29, 1.82) is 0 Å². The van der Waals surface area contributed by atoms with Gasteiger partial charge in [0.1, 0.15) is 5.75 Å². The van der Waals surface area contributed by atoms with Crippen LogP contribution >= 0.6 is 0 Å². The van der Waals surface area contributed by atoms with E-state index in [0.29, 0.717) is 13.1 Å². The van der Waals surface area contributed by atoms with Gasteiger partial charge in [-0.05, 0) is 45.7 Å². The fourth-order valence-electron chi connectivity index (χ4n) is 2.34. The van der Waals surface area contributed by atoms with Gasteiger partial charge in [-0.25, -0.2) is 9.59 Å². The van der Waals surface area contributed by atoms with Crippen LogP contribution in [0, 0.1) is 15.5 Å². The first-order valence-corrected chi connectivity index (χ1v) is 8.35. The van der Waals surface area contributed by atoms with Crippen LogP contribution in [0.4, 0.5) is 10.5 Å². The summed E-state index contributed by atoms with van der Waals surface area (Å²) in [6, 6.07) is 5.02. The molecule has 26 heavy (non-hydrogen) atoms. The van der Waals surface area contributed by atoms with Gasteiger partial charge in [0.15, 0.2) is 0 Å². The van der Waals surface area contributed by atoms with Gasteiger partial charge < -0.3 is 14.9 Å². The molecule has 1 aromatic rings. The van der Waals surface area contributed by atoms with Gasteiger partial charge >= 0.3 is 12.1 Å². The number of nitrogens with zero attached hydrogens (tertiary/aromatic N) is 2. The van der Waals surface area contributed by atoms with Gasteiger partial charge in [-0.15, -0.1) is 5.06 Å². The third-order valence-electron chi connectivity index (χ3n) is 3.79. The third kappa shape index (κ3) is 5.69. The predicted molar refractivity (Wildman–Crippen MR) is 92.4 cm³/mol. The van der Waals surface area contributed by atoms with E-state index < -0.39 is 16.4 Å². The van der Waals surface area contributed by atoms with Crippen molar-refractivity contribution in [2.45, 2.75) is 39.7 Å². The number of non-ortho nitro benzene ring substituents is 1. The summed E-state index contributed by atoms with van der Waals surface area (Å²) in [5, 5.41) is 14.9. The van der Waals surface area contributed by atoms with Gasteiger partial charge in [-0.1, -0.05) is 0 Å². The largest absolute Gasteiger partial charge is 0.412 e. The molecule has 1 fully saturated rings. The Bertz CT molecular complexity index is 668. The maximum absolute atomic E-state index is 12.0. The van der Waals surface area contributed by atoms with E-state index in [0.717, 1.165) is 12.8 Å². The number of hydroxylamine groups is 2. The highest BCUT2D eigenvalue weighted by atomic mass is 16.7. The molecule has 0 saturated carbocycles. The number of nitro groups is 1. The quantitative estimate of drug-likeness (QED) is 0.645. The van der Waals surface area contributed by atoms with E-state index in [9.17, 15) is 19.7 Å². The number of hydrogen-bond donors (Lipinski definition) is 1. The highest BCUT2D eigenvalue weighted by Crippen LogP contribution is 2.20. The molecular weight excluding hydrogens is 342 g/mol. The number of nitro benzene ring substituents is 1. The minimum Gasteiger partial charge on any atom is -0.410 e. The highest BCUT2D eigenvalue weighted by molar-refractivity contribution is 5.75. The minimum absolute atomic E-state index is 0.0821. The van der Waals surface area contributed by atoms with Crippen LogP contribution < -0.4 is 10.1 Å². The summed E-state index contributed by atoms with van der Waals surface area (Å²) in [7, 11) is 0. The molecule has 1 aliphatic rings. The molecule has 2 rings (SSSR count). The van der Waals surface area contributed by atoms with Gasteiger partial charge in [0.2, 0.25) is 0 Å². The van der Waals surface area contributed by atoms with Crippen LogP contribution in [0.15, 0.2) is 24.3 Å². The lowest BCUT2D eigenvalue weighted by atomic mass is 9.98. The van der Waals surface area contributed by atoms with E-state index in [1.165, 1.54) is 24.3 Å². The average molecular weight is 365 g/mol. The number of amides is 1. The number of rotatable bonds is 4. The van der Waals surface area contributed by atoms with Crippen molar-refractivity contribution in [1.82, 2.24) is 10.4 Å². The Kier molecular flexibility index (Phi) is 6.14. The van der Waals surface area contributed by atoms with Crippen molar-refractivity contribution in [3.63, 3.8) is 0 Å². The average Bonchev–Trinajstić information content (AvgIpc) is 2.54. The first kappa shape index (κ1) is 19.6. The van der Waals surface area contributed by atoms with Crippen molar-refractivity contribution in [2.75, 3.05) is 13.1 Å². The summed E-state index contributed by atoms with van der Waals surface area (Å²) in [5.41, 5.74) is -0.684. The molecule has 1 aromatic carbocycles. The Hall–Kier alpha value is -2.68. The molecule has 0 spiro atoms. The second-order valence-electron chi connectivity index (χ2n) is 7.14. The van der Waals surface area contributed by atoms with E-state index in [4.69, 9.17) is 9.57 Å². The topological polar surface area (TPSA) is 111 Å². The van der Waals surface area contributed by atoms with E-state index in [2.05, 4.69) is 5.32 Å². The zero-order valence-corrected chi connectivity index (χ0v) is 15.1. The number of carbonyl (C=O) groups is 2. The summed E-state index contributed by atoms with van der Waals surface area (Å²) in [6.45, 7) is 6.30. The first-order chi connectivity index (χ1) is 12.1. The van der Waals surface area contributed by atoms with Gasteiger partial charge in [0.25, 0.3) is 5.69 Å². The van der Waals surface area contributed by atoms with Gasteiger partial charge in [0, 0.05) is 24.7 Å². The number of carbonyl (C=O) groups excluding carboxylic acids is 2. The zero-order valence-electron chi connectivity index (χ0n) is 15.1. The smallest absolute Gasteiger partial charge is 0.410 e. The van der Waals surface area contributed by atoms with Crippen molar-refractivity contribution in [3.8, 4) is 5.75 Å². The molecule has 9 nitrogen and oxygen atoms in total. The van der Waals surface area contributed by atoms with Crippen LogP contribution in [0.25, 0.3) is 0 Å². The molecular formula is C17H23N3O6. The monoisotopic (exact) mass is 365 g/mol. The minimum atomic E-state index is -0.659. The number of benzene rings is 1. The Morgan fingerprint density at radius 1 is 1.27 bits per heavy atom. The molecule has 142 valence electrons. The van der Waals surface area contributed by atoms with Crippen molar-refractivity contribution in [2.24, 2.45) is 5.41 Å². The van der Waals surface area contributed by atoms with Crippen molar-refractivity contribution >= 4 is 17.7 Å². The first-order valence-electron chi connectivity index (χ1n) is 8.35. The Morgan fingerprint density at radius 2 is 1.92 bits per heavy atom. The molecule has 1 N–H and O–H groups in total. The molecule has 1 atom stereocenters. The summed E-state index contributed by atoms with van der Waals surface area (Å²) in [6.07, 6.45) is 0.839. The number of nitrogens with one attached hydrogen (secondary N) is 1. The Balaban J connectivity index is 1.84.